The average molecular weight is 388 g/mol. The van der Waals surface area contributed by atoms with Crippen LogP contribution in [0.25, 0.3) is 0 Å². The highest BCUT2D eigenvalue weighted by Crippen LogP contribution is 2.45. The van der Waals surface area contributed by atoms with Crippen LogP contribution in [-0.2, 0) is 17.5 Å². The van der Waals surface area contributed by atoms with E-state index in [2.05, 4.69) is 5.32 Å². The van der Waals surface area contributed by atoms with Crippen molar-refractivity contribution in [1.82, 2.24) is 5.32 Å². The Bertz CT molecular complexity index is 654. The molecule has 27 heavy (non-hydrogen) atoms. The Kier molecular flexibility index (Phi) is 6.62. The predicted octanol–water partition coefficient (Wildman–Crippen LogP) is 3.48. The van der Waals surface area contributed by atoms with Gasteiger partial charge in [-0.25, -0.2) is 0 Å². The van der Waals surface area contributed by atoms with Gasteiger partial charge in [0.2, 0.25) is 6.41 Å². The molecule has 2 rings (SSSR count). The Morgan fingerprint density at radius 3 is 2.59 bits per heavy atom. The number of ether oxygens (including phenoxy) is 1. The number of anilines is 1. The van der Waals surface area contributed by atoms with Gasteiger partial charge in [-0.2, -0.15) is 13.2 Å². The lowest BCUT2D eigenvalue weighted by atomic mass is 9.76. The second kappa shape index (κ2) is 8.37. The van der Waals surface area contributed by atoms with Gasteiger partial charge in [0.15, 0.2) is 0 Å². The van der Waals surface area contributed by atoms with Crippen molar-refractivity contribution in [1.29, 1.82) is 0 Å². The van der Waals surface area contributed by atoms with E-state index >= 15 is 0 Å². The SMILES string of the molecule is CCCCOc1cc(CNC=O)c(N(C)C2CC(C)(O)C2)c(C(F)(F)F)c1. The summed E-state index contributed by atoms with van der Waals surface area (Å²) in [5.74, 6) is 0.135. The van der Waals surface area contributed by atoms with Crippen LogP contribution in [-0.4, -0.2) is 36.8 Å². The van der Waals surface area contributed by atoms with Crippen molar-refractivity contribution in [3.8, 4) is 5.75 Å². The van der Waals surface area contributed by atoms with Crippen LogP contribution in [0.1, 0.15) is 50.7 Å². The van der Waals surface area contributed by atoms with E-state index in [1.54, 1.807) is 24.9 Å². The summed E-state index contributed by atoms with van der Waals surface area (Å²) in [7, 11) is 1.59. The van der Waals surface area contributed by atoms with Gasteiger partial charge >= 0.3 is 6.18 Å². The fourth-order valence-electron chi connectivity index (χ4n) is 3.41. The van der Waals surface area contributed by atoms with Gasteiger partial charge in [0.1, 0.15) is 5.75 Å². The van der Waals surface area contributed by atoms with Crippen molar-refractivity contribution < 1.29 is 27.8 Å². The molecule has 1 fully saturated rings. The first-order valence-corrected chi connectivity index (χ1v) is 9.08. The van der Waals surface area contributed by atoms with Gasteiger partial charge in [0.05, 0.1) is 23.5 Å². The van der Waals surface area contributed by atoms with E-state index in [-0.39, 0.29) is 24.0 Å². The lowest BCUT2D eigenvalue weighted by molar-refractivity contribution is -0.137. The molecule has 0 aromatic heterocycles. The number of amides is 1. The molecule has 1 aromatic carbocycles. The molecule has 0 spiro atoms. The molecule has 8 heteroatoms. The Balaban J connectivity index is 2.44. The van der Waals surface area contributed by atoms with E-state index in [9.17, 15) is 23.1 Å². The number of carbonyl (C=O) groups excluding carboxylic acids is 1. The van der Waals surface area contributed by atoms with Gasteiger partial charge in [-0.05, 0) is 43.9 Å². The lowest BCUT2D eigenvalue weighted by Crippen LogP contribution is -2.53. The third-order valence-corrected chi connectivity index (χ3v) is 4.86. The number of nitrogens with zero attached hydrogens (tertiary/aromatic N) is 1. The molecule has 0 bridgehead atoms. The number of hydrogen-bond donors (Lipinski definition) is 2. The predicted molar refractivity (Wildman–Crippen MR) is 96.8 cm³/mol. The molecule has 2 N–H and O–H groups in total. The van der Waals surface area contributed by atoms with Gasteiger partial charge in [-0.15, -0.1) is 0 Å². The van der Waals surface area contributed by atoms with Gasteiger partial charge in [0.25, 0.3) is 0 Å². The van der Waals surface area contributed by atoms with Crippen LogP contribution >= 0.6 is 0 Å². The standard InChI is InChI=1S/C19H27F3N2O3/c1-4-5-6-27-15-7-13(11-23-12-25)17(16(8-15)19(20,21)22)24(3)14-9-18(2,26)10-14/h7-8,12,14,26H,4-6,9-11H2,1-3H3,(H,23,25). The van der Waals surface area contributed by atoms with E-state index < -0.39 is 17.3 Å². The molecule has 1 saturated carbocycles. The highest BCUT2D eigenvalue weighted by molar-refractivity contribution is 5.65. The molecular weight excluding hydrogens is 361 g/mol. The summed E-state index contributed by atoms with van der Waals surface area (Å²) in [5.41, 5.74) is -1.31. The highest BCUT2D eigenvalue weighted by Gasteiger charge is 2.44. The van der Waals surface area contributed by atoms with Crippen LogP contribution in [0.4, 0.5) is 18.9 Å². The van der Waals surface area contributed by atoms with Crippen LogP contribution in [0.5, 0.6) is 5.75 Å². The van der Waals surface area contributed by atoms with Crippen LogP contribution in [0, 0.1) is 0 Å². The molecule has 1 aliphatic rings. The minimum Gasteiger partial charge on any atom is -0.494 e. The van der Waals surface area contributed by atoms with Crippen molar-refractivity contribution in [3.05, 3.63) is 23.3 Å². The maximum Gasteiger partial charge on any atom is 0.418 e. The lowest BCUT2D eigenvalue weighted by Gasteiger charge is -2.47. The smallest absolute Gasteiger partial charge is 0.418 e. The zero-order valence-corrected chi connectivity index (χ0v) is 15.9. The largest absolute Gasteiger partial charge is 0.494 e. The first kappa shape index (κ1) is 21.3. The van der Waals surface area contributed by atoms with Crippen molar-refractivity contribution in [2.24, 2.45) is 0 Å². The first-order chi connectivity index (χ1) is 12.6. The Labute approximate surface area is 157 Å². The number of carbonyl (C=O) groups is 1. The molecule has 1 amide bonds. The quantitative estimate of drug-likeness (QED) is 0.502. The molecule has 0 atom stereocenters. The molecule has 1 aromatic rings. The van der Waals surface area contributed by atoms with Crippen molar-refractivity contribution >= 4 is 12.1 Å². The molecule has 0 radical (unpaired) electrons. The molecule has 0 heterocycles. The van der Waals surface area contributed by atoms with E-state index in [1.807, 2.05) is 6.92 Å². The molecule has 0 aliphatic heterocycles. The fourth-order valence-corrected chi connectivity index (χ4v) is 3.41. The van der Waals surface area contributed by atoms with Gasteiger partial charge in [-0.3, -0.25) is 4.79 Å². The van der Waals surface area contributed by atoms with Crippen molar-refractivity contribution in [3.63, 3.8) is 0 Å². The minimum absolute atomic E-state index is 0.0141. The zero-order valence-electron chi connectivity index (χ0n) is 15.9. The number of nitrogens with one attached hydrogen (secondary N) is 1. The first-order valence-electron chi connectivity index (χ1n) is 9.08. The molecule has 0 saturated heterocycles. The van der Waals surface area contributed by atoms with Gasteiger partial charge in [-0.1, -0.05) is 13.3 Å². The Morgan fingerprint density at radius 1 is 1.41 bits per heavy atom. The summed E-state index contributed by atoms with van der Waals surface area (Å²) >= 11 is 0. The number of unbranched alkanes of at least 4 members (excludes halogenated alkanes) is 1. The topological polar surface area (TPSA) is 61.8 Å². The van der Waals surface area contributed by atoms with Crippen LogP contribution in [0.2, 0.25) is 0 Å². The van der Waals surface area contributed by atoms with E-state index in [0.29, 0.717) is 31.4 Å². The normalized spacial score (nSPS) is 22.1. The van der Waals surface area contributed by atoms with Crippen LogP contribution < -0.4 is 15.0 Å². The summed E-state index contributed by atoms with van der Waals surface area (Å²) < 4.78 is 46.9. The number of halogens is 3. The second-order valence-corrected chi connectivity index (χ2v) is 7.35. The molecule has 152 valence electrons. The number of aliphatic hydroxyl groups is 1. The summed E-state index contributed by atoms with van der Waals surface area (Å²) in [4.78, 5) is 12.3. The summed E-state index contributed by atoms with van der Waals surface area (Å²) in [5, 5.41) is 12.4. The maximum absolute atomic E-state index is 13.8. The highest BCUT2D eigenvalue weighted by atomic mass is 19.4. The number of rotatable bonds is 9. The van der Waals surface area contributed by atoms with Crippen molar-refractivity contribution in [2.45, 2.75) is 63.9 Å². The summed E-state index contributed by atoms with van der Waals surface area (Å²) in [6.45, 7) is 3.92. The third kappa shape index (κ3) is 5.28. The van der Waals surface area contributed by atoms with Gasteiger partial charge < -0.3 is 20.1 Å². The number of hydrogen-bond acceptors (Lipinski definition) is 4. The monoisotopic (exact) mass is 388 g/mol. The Morgan fingerprint density at radius 2 is 2.07 bits per heavy atom. The van der Waals surface area contributed by atoms with Gasteiger partial charge in [0, 0.05) is 19.6 Å². The van der Waals surface area contributed by atoms with Crippen LogP contribution in [0.15, 0.2) is 12.1 Å². The van der Waals surface area contributed by atoms with E-state index in [0.717, 1.165) is 18.9 Å². The molecule has 0 unspecified atom stereocenters. The molecule has 1 aliphatic carbocycles. The minimum atomic E-state index is -4.57. The molecular formula is C19H27F3N2O3. The van der Waals surface area contributed by atoms with E-state index in [4.69, 9.17) is 4.74 Å². The average Bonchev–Trinajstić information content (AvgIpc) is 2.56. The number of benzene rings is 1. The summed E-state index contributed by atoms with van der Waals surface area (Å²) in [6, 6.07) is 2.36. The fraction of sp³-hybridized carbons (Fsp3) is 0.632. The van der Waals surface area contributed by atoms with Crippen molar-refractivity contribution in [2.75, 3.05) is 18.6 Å². The molecule has 5 nitrogen and oxygen atoms in total. The number of alkyl halides is 3. The van der Waals surface area contributed by atoms with E-state index in [1.165, 1.54) is 0 Å². The summed E-state index contributed by atoms with van der Waals surface area (Å²) in [6.07, 6.45) is -1.74. The third-order valence-electron chi connectivity index (χ3n) is 4.86. The maximum atomic E-state index is 13.8. The second-order valence-electron chi connectivity index (χ2n) is 7.35. The zero-order chi connectivity index (χ0) is 20.2. The Hall–Kier alpha value is -1.96. The van der Waals surface area contributed by atoms with Crippen LogP contribution in [0.3, 0.4) is 0 Å².